The standard InChI is InChI=1S/C13H11N3S3/c1-2-11-15-16-13(18-11)19-12-14-10(8-17-12)9-6-4-3-5-7-9/h3-8H,2H2,1H3. The lowest BCUT2D eigenvalue weighted by atomic mass is 10.2. The molecule has 0 bridgehead atoms. The van der Waals surface area contributed by atoms with Crippen molar-refractivity contribution < 1.29 is 0 Å². The zero-order valence-corrected chi connectivity index (χ0v) is 12.7. The molecule has 96 valence electrons. The monoisotopic (exact) mass is 305 g/mol. The molecule has 0 unspecified atom stereocenters. The maximum atomic E-state index is 4.63. The first-order chi connectivity index (χ1) is 9.35. The van der Waals surface area contributed by atoms with Crippen molar-refractivity contribution in [2.75, 3.05) is 0 Å². The lowest BCUT2D eigenvalue weighted by Gasteiger charge is -1.93. The summed E-state index contributed by atoms with van der Waals surface area (Å²) in [5.41, 5.74) is 2.17. The van der Waals surface area contributed by atoms with Crippen LogP contribution in [-0.4, -0.2) is 15.2 Å². The third kappa shape index (κ3) is 3.02. The van der Waals surface area contributed by atoms with Crippen LogP contribution in [0.2, 0.25) is 0 Å². The van der Waals surface area contributed by atoms with Gasteiger partial charge in [-0.3, -0.25) is 0 Å². The maximum Gasteiger partial charge on any atom is 0.181 e. The molecule has 0 radical (unpaired) electrons. The minimum Gasteiger partial charge on any atom is -0.229 e. The van der Waals surface area contributed by atoms with Gasteiger partial charge in [-0.2, -0.15) is 0 Å². The van der Waals surface area contributed by atoms with Crippen molar-refractivity contribution in [2.45, 2.75) is 22.0 Å². The van der Waals surface area contributed by atoms with E-state index in [1.165, 1.54) is 0 Å². The summed E-state index contributed by atoms with van der Waals surface area (Å²) < 4.78 is 1.98. The number of benzene rings is 1. The summed E-state index contributed by atoms with van der Waals surface area (Å²) >= 11 is 4.88. The van der Waals surface area contributed by atoms with Crippen LogP contribution in [0.5, 0.6) is 0 Å². The molecule has 0 aliphatic carbocycles. The third-order valence-corrected chi connectivity index (χ3v) is 5.54. The SMILES string of the molecule is CCc1nnc(Sc2nc(-c3ccccc3)cs2)s1. The Balaban J connectivity index is 1.78. The Morgan fingerprint density at radius 1 is 1.11 bits per heavy atom. The van der Waals surface area contributed by atoms with Crippen LogP contribution in [0.1, 0.15) is 11.9 Å². The molecule has 0 atom stereocenters. The van der Waals surface area contributed by atoms with Crippen LogP contribution in [0.15, 0.2) is 44.4 Å². The van der Waals surface area contributed by atoms with Crippen LogP contribution in [0.3, 0.4) is 0 Å². The molecule has 0 aliphatic heterocycles. The van der Waals surface area contributed by atoms with Gasteiger partial charge < -0.3 is 0 Å². The predicted molar refractivity (Wildman–Crippen MR) is 81.0 cm³/mol. The second-order valence-corrected chi connectivity index (χ2v) is 7.20. The van der Waals surface area contributed by atoms with Gasteiger partial charge >= 0.3 is 0 Å². The van der Waals surface area contributed by atoms with Crippen LogP contribution in [0, 0.1) is 0 Å². The van der Waals surface area contributed by atoms with E-state index in [1.54, 1.807) is 34.4 Å². The Morgan fingerprint density at radius 3 is 2.68 bits per heavy atom. The summed E-state index contributed by atoms with van der Waals surface area (Å²) in [6.45, 7) is 2.09. The maximum absolute atomic E-state index is 4.63. The van der Waals surface area contributed by atoms with Crippen molar-refractivity contribution in [3.8, 4) is 11.3 Å². The predicted octanol–water partition coefficient (Wildman–Crippen LogP) is 4.38. The molecule has 3 rings (SSSR count). The highest BCUT2D eigenvalue weighted by atomic mass is 32.2. The fourth-order valence-electron chi connectivity index (χ4n) is 1.54. The van der Waals surface area contributed by atoms with E-state index >= 15 is 0 Å². The summed E-state index contributed by atoms with van der Waals surface area (Å²) in [5, 5.41) is 11.4. The normalized spacial score (nSPS) is 10.8. The number of hydrogen-bond donors (Lipinski definition) is 0. The molecule has 2 heterocycles. The van der Waals surface area contributed by atoms with E-state index in [2.05, 4.69) is 39.6 Å². The zero-order chi connectivity index (χ0) is 13.1. The lowest BCUT2D eigenvalue weighted by molar-refractivity contribution is 0.943. The van der Waals surface area contributed by atoms with E-state index in [4.69, 9.17) is 0 Å². The molecule has 19 heavy (non-hydrogen) atoms. The Kier molecular flexibility index (Phi) is 3.91. The van der Waals surface area contributed by atoms with E-state index in [-0.39, 0.29) is 0 Å². The van der Waals surface area contributed by atoms with E-state index in [1.807, 2.05) is 18.2 Å². The van der Waals surface area contributed by atoms with Gasteiger partial charge in [-0.15, -0.1) is 21.5 Å². The van der Waals surface area contributed by atoms with Gasteiger partial charge in [0.05, 0.1) is 5.69 Å². The van der Waals surface area contributed by atoms with Gasteiger partial charge in [0.2, 0.25) is 0 Å². The second kappa shape index (κ2) is 5.81. The van der Waals surface area contributed by atoms with Gasteiger partial charge in [-0.1, -0.05) is 48.6 Å². The van der Waals surface area contributed by atoms with Gasteiger partial charge in [0.25, 0.3) is 0 Å². The first-order valence-corrected chi connectivity index (χ1v) is 8.37. The van der Waals surface area contributed by atoms with Crippen LogP contribution in [0.4, 0.5) is 0 Å². The molecular weight excluding hydrogens is 294 g/mol. The highest BCUT2D eigenvalue weighted by molar-refractivity contribution is 8.02. The number of rotatable bonds is 4. The summed E-state index contributed by atoms with van der Waals surface area (Å²) in [6.07, 6.45) is 0.936. The molecule has 0 fully saturated rings. The van der Waals surface area contributed by atoms with Crippen molar-refractivity contribution >= 4 is 34.4 Å². The van der Waals surface area contributed by atoms with Crippen molar-refractivity contribution in [1.29, 1.82) is 0 Å². The topological polar surface area (TPSA) is 38.7 Å². The zero-order valence-electron chi connectivity index (χ0n) is 10.2. The fourth-order valence-corrected chi connectivity index (χ4v) is 4.40. The summed E-state index contributed by atoms with van der Waals surface area (Å²) in [7, 11) is 0. The molecule has 0 aliphatic rings. The summed E-state index contributed by atoms with van der Waals surface area (Å²) in [6, 6.07) is 10.2. The Bertz CT molecular complexity index is 661. The van der Waals surface area contributed by atoms with Gasteiger partial charge in [-0.05, 0) is 18.2 Å². The van der Waals surface area contributed by atoms with E-state index in [0.717, 1.165) is 31.4 Å². The fraction of sp³-hybridized carbons (Fsp3) is 0.154. The highest BCUT2D eigenvalue weighted by Crippen LogP contribution is 2.34. The van der Waals surface area contributed by atoms with Crippen molar-refractivity contribution in [2.24, 2.45) is 0 Å². The number of nitrogens with zero attached hydrogens (tertiary/aromatic N) is 3. The first kappa shape index (κ1) is 12.8. The number of aryl methyl sites for hydroxylation is 1. The Morgan fingerprint density at radius 2 is 1.95 bits per heavy atom. The largest absolute Gasteiger partial charge is 0.229 e. The average Bonchev–Trinajstić information content (AvgIpc) is 3.09. The van der Waals surface area contributed by atoms with Gasteiger partial charge in [0, 0.05) is 10.9 Å². The number of hydrogen-bond acceptors (Lipinski definition) is 6. The van der Waals surface area contributed by atoms with Crippen molar-refractivity contribution in [3.05, 3.63) is 40.7 Å². The molecule has 0 amide bonds. The molecule has 0 saturated heterocycles. The smallest absolute Gasteiger partial charge is 0.181 e. The third-order valence-electron chi connectivity index (χ3n) is 2.48. The number of aromatic nitrogens is 3. The average molecular weight is 305 g/mol. The summed E-state index contributed by atoms with van der Waals surface area (Å²) in [4.78, 5) is 4.63. The Labute approximate surface area is 123 Å². The van der Waals surface area contributed by atoms with Crippen LogP contribution in [-0.2, 0) is 6.42 Å². The molecule has 0 saturated carbocycles. The van der Waals surface area contributed by atoms with Gasteiger partial charge in [0.15, 0.2) is 8.68 Å². The molecule has 3 nitrogen and oxygen atoms in total. The molecule has 2 aromatic heterocycles. The van der Waals surface area contributed by atoms with Crippen LogP contribution < -0.4 is 0 Å². The molecule has 1 aromatic carbocycles. The van der Waals surface area contributed by atoms with E-state index in [9.17, 15) is 0 Å². The van der Waals surface area contributed by atoms with E-state index in [0.29, 0.717) is 0 Å². The van der Waals surface area contributed by atoms with Gasteiger partial charge in [-0.25, -0.2) is 4.98 Å². The van der Waals surface area contributed by atoms with Gasteiger partial charge in [0.1, 0.15) is 5.01 Å². The Hall–Kier alpha value is -1.24. The number of thiazole rings is 1. The molecule has 6 heteroatoms. The van der Waals surface area contributed by atoms with Crippen molar-refractivity contribution in [3.63, 3.8) is 0 Å². The molecule has 3 aromatic rings. The van der Waals surface area contributed by atoms with E-state index < -0.39 is 0 Å². The second-order valence-electron chi connectivity index (χ2n) is 3.78. The molecule has 0 spiro atoms. The first-order valence-electron chi connectivity index (χ1n) is 5.86. The van der Waals surface area contributed by atoms with Crippen LogP contribution in [0.25, 0.3) is 11.3 Å². The lowest BCUT2D eigenvalue weighted by Crippen LogP contribution is -1.77. The minimum atomic E-state index is 0.936. The summed E-state index contributed by atoms with van der Waals surface area (Å²) in [5.74, 6) is 0. The highest BCUT2D eigenvalue weighted by Gasteiger charge is 2.09. The van der Waals surface area contributed by atoms with Crippen molar-refractivity contribution in [1.82, 2.24) is 15.2 Å². The van der Waals surface area contributed by atoms with Crippen LogP contribution >= 0.6 is 34.4 Å². The molecular formula is C13H11N3S3. The molecule has 0 N–H and O–H groups in total. The minimum absolute atomic E-state index is 0.936. The quantitative estimate of drug-likeness (QED) is 0.717.